The van der Waals surface area contributed by atoms with Gasteiger partial charge in [-0.05, 0) is 36.4 Å². The lowest BCUT2D eigenvalue weighted by Crippen LogP contribution is -2.33. The van der Waals surface area contributed by atoms with Crippen molar-refractivity contribution in [2.24, 2.45) is 0 Å². The number of aliphatic hydroxyl groups excluding tert-OH is 1. The molecule has 180 valence electrons. The number of hydrogen-bond acceptors (Lipinski definition) is 6. The maximum Gasteiger partial charge on any atom is 0.244 e. The second-order valence-corrected chi connectivity index (χ2v) is 9.62. The van der Waals surface area contributed by atoms with Crippen molar-refractivity contribution in [1.29, 1.82) is 0 Å². The first-order chi connectivity index (χ1) is 16.2. The summed E-state index contributed by atoms with van der Waals surface area (Å²) in [6.45, 7) is -0.568. The summed E-state index contributed by atoms with van der Waals surface area (Å²) >= 11 is 12.3. The van der Waals surface area contributed by atoms with E-state index < -0.39 is 28.6 Å². The summed E-state index contributed by atoms with van der Waals surface area (Å²) in [5.74, 6) is -0.179. The number of methoxy groups -OCH3 is 2. The minimum Gasteiger partial charge on any atom is -0.497 e. The quantitative estimate of drug-likeness (QED) is 0.389. The number of rotatable bonds is 9. The highest BCUT2D eigenvalue weighted by Gasteiger charge is 2.22. The van der Waals surface area contributed by atoms with Crippen LogP contribution in [0, 0.1) is 0 Å². The van der Waals surface area contributed by atoms with E-state index in [0.717, 1.165) is 0 Å². The van der Waals surface area contributed by atoms with Crippen LogP contribution in [0.2, 0.25) is 10.0 Å². The maximum atomic E-state index is 12.7. The fourth-order valence-corrected chi connectivity index (χ4v) is 4.72. The van der Waals surface area contributed by atoms with Crippen molar-refractivity contribution in [2.75, 3.05) is 26.1 Å². The topological polar surface area (TPSA) is 114 Å². The van der Waals surface area contributed by atoms with Gasteiger partial charge in [0.05, 0.1) is 20.8 Å². The Hall–Kier alpha value is -2.82. The molecule has 0 radical (unpaired) electrons. The van der Waals surface area contributed by atoms with Crippen LogP contribution in [0.1, 0.15) is 17.2 Å². The molecule has 0 bridgehead atoms. The zero-order valence-corrected chi connectivity index (χ0v) is 20.5. The molecular formula is C23H22Cl2N2O6S. The smallest absolute Gasteiger partial charge is 0.244 e. The van der Waals surface area contributed by atoms with Crippen LogP contribution >= 0.6 is 23.2 Å². The van der Waals surface area contributed by atoms with Crippen molar-refractivity contribution in [2.45, 2.75) is 11.0 Å². The second kappa shape index (κ2) is 11.1. The molecule has 3 aromatic carbocycles. The minimum absolute atomic E-state index is 0.0649. The maximum absolute atomic E-state index is 12.7. The Labute approximate surface area is 207 Å². The van der Waals surface area contributed by atoms with Crippen LogP contribution in [-0.2, 0) is 14.8 Å². The normalized spacial score (nSPS) is 12.1. The predicted octanol–water partition coefficient (Wildman–Crippen LogP) is 4.01. The zero-order chi connectivity index (χ0) is 24.9. The summed E-state index contributed by atoms with van der Waals surface area (Å²) in [7, 11) is -1.31. The van der Waals surface area contributed by atoms with Crippen molar-refractivity contribution in [3.63, 3.8) is 0 Å². The fraction of sp³-hybridized carbons (Fsp3) is 0.174. The third kappa shape index (κ3) is 5.99. The molecule has 11 heteroatoms. The summed E-state index contributed by atoms with van der Waals surface area (Å²) in [4.78, 5) is 12.4. The van der Waals surface area contributed by atoms with Crippen LogP contribution < -0.4 is 19.5 Å². The third-order valence-corrected chi connectivity index (χ3v) is 6.89. The van der Waals surface area contributed by atoms with Crippen LogP contribution in [0.25, 0.3) is 0 Å². The standard InChI is InChI=1S/C23H22Cl2N2O6S/c1-32-15-8-10-21(20(12-15)33-2)34(30,31)26-13-22(28)27-19-9-7-14(24)11-17(19)23(29)16-5-3-4-6-18(16)25/h3-12,23,26,29H,13H2,1-2H3,(H,27,28). The molecule has 1 unspecified atom stereocenters. The molecule has 34 heavy (non-hydrogen) atoms. The molecule has 0 aliphatic carbocycles. The van der Waals surface area contributed by atoms with E-state index in [4.69, 9.17) is 32.7 Å². The average Bonchev–Trinajstić information content (AvgIpc) is 2.83. The van der Waals surface area contributed by atoms with Gasteiger partial charge in [-0.1, -0.05) is 41.4 Å². The fourth-order valence-electron chi connectivity index (χ4n) is 3.17. The van der Waals surface area contributed by atoms with Crippen molar-refractivity contribution in [3.8, 4) is 11.5 Å². The summed E-state index contributed by atoms with van der Waals surface area (Å²) in [6.07, 6.45) is -1.18. The van der Waals surface area contributed by atoms with Crippen molar-refractivity contribution in [1.82, 2.24) is 4.72 Å². The Bertz CT molecular complexity index is 1300. The SMILES string of the molecule is COc1ccc(S(=O)(=O)NCC(=O)Nc2ccc(Cl)cc2C(O)c2ccccc2Cl)c(OC)c1. The number of anilines is 1. The van der Waals surface area contributed by atoms with Crippen molar-refractivity contribution < 1.29 is 27.8 Å². The van der Waals surface area contributed by atoms with Crippen LogP contribution in [0.5, 0.6) is 11.5 Å². The molecule has 0 heterocycles. The number of aliphatic hydroxyl groups is 1. The number of sulfonamides is 1. The van der Waals surface area contributed by atoms with Gasteiger partial charge in [-0.15, -0.1) is 0 Å². The summed E-state index contributed by atoms with van der Waals surface area (Å²) in [6, 6.07) is 15.5. The van der Waals surface area contributed by atoms with Gasteiger partial charge in [0, 0.05) is 32.9 Å². The van der Waals surface area contributed by atoms with Crippen LogP contribution in [0.4, 0.5) is 5.69 Å². The van der Waals surface area contributed by atoms with Gasteiger partial charge in [0.25, 0.3) is 0 Å². The number of hydrogen-bond donors (Lipinski definition) is 3. The summed E-state index contributed by atoms with van der Waals surface area (Å²) in [5.41, 5.74) is 0.978. The number of benzene rings is 3. The van der Waals surface area contributed by atoms with Gasteiger partial charge in [0.1, 0.15) is 22.5 Å². The number of amides is 1. The van der Waals surface area contributed by atoms with E-state index in [-0.39, 0.29) is 16.3 Å². The highest BCUT2D eigenvalue weighted by atomic mass is 35.5. The number of carbonyl (C=O) groups excluding carboxylic acids is 1. The number of carbonyl (C=O) groups is 1. The molecule has 1 atom stereocenters. The molecule has 0 fully saturated rings. The molecule has 0 aromatic heterocycles. The molecular weight excluding hydrogens is 503 g/mol. The molecule has 3 rings (SSSR count). The molecule has 0 aliphatic heterocycles. The zero-order valence-electron chi connectivity index (χ0n) is 18.2. The van der Waals surface area contributed by atoms with Gasteiger partial charge in [-0.3, -0.25) is 4.79 Å². The molecule has 3 aromatic rings. The number of ether oxygens (including phenoxy) is 2. The first kappa shape index (κ1) is 25.8. The van der Waals surface area contributed by atoms with Gasteiger partial charge in [-0.25, -0.2) is 13.1 Å². The lowest BCUT2D eigenvalue weighted by Gasteiger charge is -2.18. The van der Waals surface area contributed by atoms with E-state index in [1.165, 1.54) is 50.6 Å². The molecule has 3 N–H and O–H groups in total. The highest BCUT2D eigenvalue weighted by molar-refractivity contribution is 7.89. The van der Waals surface area contributed by atoms with E-state index in [1.54, 1.807) is 24.3 Å². The van der Waals surface area contributed by atoms with Crippen LogP contribution in [-0.4, -0.2) is 40.2 Å². The minimum atomic E-state index is -4.08. The molecule has 0 saturated heterocycles. The van der Waals surface area contributed by atoms with Gasteiger partial charge in [-0.2, -0.15) is 0 Å². The summed E-state index contributed by atoms with van der Waals surface area (Å²) in [5, 5.41) is 14.1. The summed E-state index contributed by atoms with van der Waals surface area (Å²) < 4.78 is 37.9. The van der Waals surface area contributed by atoms with Gasteiger partial charge in [0.15, 0.2) is 0 Å². The van der Waals surface area contributed by atoms with Crippen molar-refractivity contribution in [3.05, 3.63) is 81.8 Å². The lowest BCUT2D eigenvalue weighted by atomic mass is 9.99. The van der Waals surface area contributed by atoms with E-state index in [2.05, 4.69) is 10.0 Å². The molecule has 1 amide bonds. The largest absolute Gasteiger partial charge is 0.497 e. The molecule has 8 nitrogen and oxygen atoms in total. The molecule has 0 saturated carbocycles. The first-order valence-electron chi connectivity index (χ1n) is 9.89. The number of nitrogens with one attached hydrogen (secondary N) is 2. The second-order valence-electron chi connectivity index (χ2n) is 7.05. The highest BCUT2D eigenvalue weighted by Crippen LogP contribution is 2.34. The number of halogens is 2. The predicted molar refractivity (Wildman–Crippen MR) is 130 cm³/mol. The first-order valence-corrected chi connectivity index (χ1v) is 12.1. The van der Waals surface area contributed by atoms with Gasteiger partial charge < -0.3 is 19.9 Å². The van der Waals surface area contributed by atoms with Gasteiger partial charge >= 0.3 is 0 Å². The van der Waals surface area contributed by atoms with E-state index in [0.29, 0.717) is 26.9 Å². The Morgan fingerprint density at radius 1 is 1.00 bits per heavy atom. The van der Waals surface area contributed by atoms with Crippen molar-refractivity contribution >= 4 is 44.8 Å². The van der Waals surface area contributed by atoms with E-state index in [1.807, 2.05) is 0 Å². The van der Waals surface area contributed by atoms with Crippen LogP contribution in [0.15, 0.2) is 65.6 Å². The Balaban J connectivity index is 1.78. The molecule has 0 aliphatic rings. The average molecular weight is 525 g/mol. The van der Waals surface area contributed by atoms with Gasteiger partial charge in [0.2, 0.25) is 15.9 Å². The van der Waals surface area contributed by atoms with Crippen LogP contribution in [0.3, 0.4) is 0 Å². The molecule has 0 spiro atoms. The Kier molecular flexibility index (Phi) is 8.40. The lowest BCUT2D eigenvalue weighted by molar-refractivity contribution is -0.115. The van der Waals surface area contributed by atoms with E-state index >= 15 is 0 Å². The Morgan fingerprint density at radius 3 is 2.41 bits per heavy atom. The Morgan fingerprint density at radius 2 is 1.74 bits per heavy atom. The van der Waals surface area contributed by atoms with E-state index in [9.17, 15) is 18.3 Å². The third-order valence-electron chi connectivity index (χ3n) is 4.87. The monoisotopic (exact) mass is 524 g/mol.